The Balaban J connectivity index is 1.63. The van der Waals surface area contributed by atoms with E-state index in [1.54, 1.807) is 0 Å². The largest absolute Gasteiger partial charge is 0.354 e. The first-order valence-corrected chi connectivity index (χ1v) is 8.92. The quantitative estimate of drug-likeness (QED) is 0.376. The van der Waals surface area contributed by atoms with Crippen molar-refractivity contribution in [3.05, 3.63) is 83.9 Å². The van der Waals surface area contributed by atoms with Crippen molar-refractivity contribution in [1.29, 1.82) is 0 Å². The summed E-state index contributed by atoms with van der Waals surface area (Å²) >= 11 is 0. The molecule has 25 heavy (non-hydrogen) atoms. The molecule has 6 rings (SSSR count). The van der Waals surface area contributed by atoms with Gasteiger partial charge in [-0.15, -0.1) is 0 Å². The average Bonchev–Trinajstić information content (AvgIpc) is 3.27. The number of hydrogen-bond acceptors (Lipinski definition) is 0. The molecule has 1 heterocycles. The van der Waals surface area contributed by atoms with E-state index in [-0.39, 0.29) is 0 Å². The Hall–Kier alpha value is -3.06. The van der Waals surface area contributed by atoms with Gasteiger partial charge in [0.25, 0.3) is 0 Å². The van der Waals surface area contributed by atoms with Crippen LogP contribution in [0.3, 0.4) is 0 Å². The summed E-state index contributed by atoms with van der Waals surface area (Å²) in [6.07, 6.45) is 2.35. The lowest BCUT2D eigenvalue weighted by Gasteiger charge is -2.03. The van der Waals surface area contributed by atoms with E-state index in [1.165, 1.54) is 67.7 Å². The third-order valence-electron chi connectivity index (χ3n) is 5.64. The molecule has 0 spiro atoms. The number of hydrogen-bond donors (Lipinski definition) is 1. The van der Waals surface area contributed by atoms with Gasteiger partial charge >= 0.3 is 0 Å². The molecule has 0 radical (unpaired) electrons. The van der Waals surface area contributed by atoms with E-state index in [1.807, 2.05) is 0 Å². The third kappa shape index (κ3) is 1.84. The standard InChI is InChI=1S/C24H17N/c1-2-5-17-12-18(10-8-15(17)4-1)22-14-20-13-19-11-9-16-6-3-7-21(23(16)19)24(20)25-22/h1-8,10,12-14,25H,9,11H2. The Bertz CT molecular complexity index is 1290. The van der Waals surface area contributed by atoms with Gasteiger partial charge in [-0.05, 0) is 63.9 Å². The van der Waals surface area contributed by atoms with Crippen molar-refractivity contribution >= 4 is 32.4 Å². The molecule has 0 aliphatic heterocycles. The number of aromatic amines is 1. The lowest BCUT2D eigenvalue weighted by Crippen LogP contribution is -1.81. The van der Waals surface area contributed by atoms with Gasteiger partial charge < -0.3 is 4.98 Å². The molecular weight excluding hydrogens is 302 g/mol. The number of H-pyrrole nitrogens is 1. The van der Waals surface area contributed by atoms with Gasteiger partial charge in [-0.1, -0.05) is 54.6 Å². The number of nitrogens with one attached hydrogen (secondary N) is 1. The normalized spacial score (nSPS) is 13.3. The topological polar surface area (TPSA) is 15.8 Å². The predicted octanol–water partition coefficient (Wildman–Crippen LogP) is 6.24. The van der Waals surface area contributed by atoms with E-state index in [2.05, 4.69) is 77.8 Å². The molecule has 0 saturated carbocycles. The summed E-state index contributed by atoms with van der Waals surface area (Å²) in [7, 11) is 0. The summed E-state index contributed by atoms with van der Waals surface area (Å²) in [4.78, 5) is 3.70. The minimum Gasteiger partial charge on any atom is -0.354 e. The Morgan fingerprint density at radius 3 is 2.48 bits per heavy atom. The van der Waals surface area contributed by atoms with Gasteiger partial charge in [0.1, 0.15) is 0 Å². The average molecular weight is 319 g/mol. The van der Waals surface area contributed by atoms with Crippen molar-refractivity contribution < 1.29 is 0 Å². The number of aromatic nitrogens is 1. The number of rotatable bonds is 1. The second-order valence-electron chi connectivity index (χ2n) is 7.08. The van der Waals surface area contributed by atoms with Crippen LogP contribution in [0.4, 0.5) is 0 Å². The monoisotopic (exact) mass is 319 g/mol. The summed E-state index contributed by atoms with van der Waals surface area (Å²) in [5.74, 6) is 0. The van der Waals surface area contributed by atoms with E-state index >= 15 is 0 Å². The number of benzene rings is 4. The summed E-state index contributed by atoms with van der Waals surface area (Å²) in [5, 5.41) is 6.74. The molecular formula is C24H17N. The molecule has 0 bridgehead atoms. The Kier molecular flexibility index (Phi) is 2.51. The Morgan fingerprint density at radius 2 is 1.52 bits per heavy atom. The van der Waals surface area contributed by atoms with E-state index in [0.29, 0.717) is 0 Å². The summed E-state index contributed by atoms with van der Waals surface area (Å²) in [5.41, 5.74) is 6.71. The first-order valence-electron chi connectivity index (χ1n) is 8.92. The van der Waals surface area contributed by atoms with Gasteiger partial charge in [-0.3, -0.25) is 0 Å². The lowest BCUT2D eigenvalue weighted by atomic mass is 10.0. The first-order chi connectivity index (χ1) is 12.4. The predicted molar refractivity (Wildman–Crippen MR) is 106 cm³/mol. The van der Waals surface area contributed by atoms with Crippen molar-refractivity contribution in [2.45, 2.75) is 12.8 Å². The van der Waals surface area contributed by atoms with Crippen molar-refractivity contribution in [1.82, 2.24) is 4.98 Å². The van der Waals surface area contributed by atoms with Crippen molar-refractivity contribution in [2.75, 3.05) is 0 Å². The maximum absolute atomic E-state index is 3.70. The second kappa shape index (κ2) is 4.73. The van der Waals surface area contributed by atoms with Crippen LogP contribution in [0.25, 0.3) is 43.7 Å². The summed E-state index contributed by atoms with van der Waals surface area (Å²) in [6, 6.07) is 26.7. The lowest BCUT2D eigenvalue weighted by molar-refractivity contribution is 1.03. The zero-order valence-electron chi connectivity index (χ0n) is 13.8. The molecule has 0 fully saturated rings. The molecule has 0 atom stereocenters. The van der Waals surface area contributed by atoms with Crippen LogP contribution in [-0.2, 0) is 12.8 Å². The van der Waals surface area contributed by atoms with Gasteiger partial charge in [0.2, 0.25) is 0 Å². The highest BCUT2D eigenvalue weighted by Gasteiger charge is 2.17. The van der Waals surface area contributed by atoms with Crippen LogP contribution < -0.4 is 0 Å². The maximum Gasteiger partial charge on any atom is 0.0538 e. The molecule has 1 aliphatic carbocycles. The van der Waals surface area contributed by atoms with Crippen LogP contribution in [0.2, 0.25) is 0 Å². The van der Waals surface area contributed by atoms with E-state index in [4.69, 9.17) is 0 Å². The van der Waals surface area contributed by atoms with Gasteiger partial charge in [0, 0.05) is 16.5 Å². The maximum atomic E-state index is 3.70. The summed E-state index contributed by atoms with van der Waals surface area (Å²) < 4.78 is 0. The zero-order chi connectivity index (χ0) is 16.4. The molecule has 0 amide bonds. The van der Waals surface area contributed by atoms with Gasteiger partial charge in [-0.2, -0.15) is 0 Å². The van der Waals surface area contributed by atoms with Crippen LogP contribution in [0.15, 0.2) is 72.8 Å². The summed E-state index contributed by atoms with van der Waals surface area (Å²) in [6.45, 7) is 0. The highest BCUT2D eigenvalue weighted by atomic mass is 14.7. The third-order valence-corrected chi connectivity index (χ3v) is 5.64. The Labute approximate surface area is 145 Å². The first kappa shape index (κ1) is 13.3. The molecule has 1 aliphatic rings. The van der Waals surface area contributed by atoms with Crippen LogP contribution in [0.5, 0.6) is 0 Å². The van der Waals surface area contributed by atoms with Crippen LogP contribution >= 0.6 is 0 Å². The van der Waals surface area contributed by atoms with Gasteiger partial charge in [-0.25, -0.2) is 0 Å². The van der Waals surface area contributed by atoms with Crippen LogP contribution in [0.1, 0.15) is 11.1 Å². The van der Waals surface area contributed by atoms with Crippen LogP contribution in [0, 0.1) is 0 Å². The smallest absolute Gasteiger partial charge is 0.0538 e. The SMILES string of the molecule is c1ccc2cc(-c3cc4cc5c6c(cccc6c4[nH]3)CC5)ccc2c1. The highest BCUT2D eigenvalue weighted by Crippen LogP contribution is 2.37. The molecule has 5 aromatic rings. The minimum atomic E-state index is 1.17. The van der Waals surface area contributed by atoms with Crippen molar-refractivity contribution in [3.63, 3.8) is 0 Å². The van der Waals surface area contributed by atoms with Gasteiger partial charge in [0.05, 0.1) is 5.52 Å². The molecule has 1 aromatic heterocycles. The second-order valence-corrected chi connectivity index (χ2v) is 7.08. The van der Waals surface area contributed by atoms with E-state index in [0.717, 1.165) is 0 Å². The molecule has 1 N–H and O–H groups in total. The fraction of sp³-hybridized carbons (Fsp3) is 0.0833. The fourth-order valence-electron chi connectivity index (χ4n) is 4.44. The fourth-order valence-corrected chi connectivity index (χ4v) is 4.44. The molecule has 4 aromatic carbocycles. The van der Waals surface area contributed by atoms with Crippen LogP contribution in [-0.4, -0.2) is 4.98 Å². The van der Waals surface area contributed by atoms with Crippen molar-refractivity contribution in [2.24, 2.45) is 0 Å². The zero-order valence-corrected chi connectivity index (χ0v) is 13.8. The highest BCUT2D eigenvalue weighted by molar-refractivity contribution is 6.10. The molecule has 0 saturated heterocycles. The number of aryl methyl sites for hydroxylation is 2. The van der Waals surface area contributed by atoms with E-state index < -0.39 is 0 Å². The van der Waals surface area contributed by atoms with E-state index in [9.17, 15) is 0 Å². The minimum absolute atomic E-state index is 1.17. The molecule has 118 valence electrons. The Morgan fingerprint density at radius 1 is 0.640 bits per heavy atom. The van der Waals surface area contributed by atoms with Crippen molar-refractivity contribution in [3.8, 4) is 11.3 Å². The van der Waals surface area contributed by atoms with Gasteiger partial charge in [0.15, 0.2) is 0 Å². The molecule has 0 unspecified atom stereocenters. The molecule has 1 heteroatoms. The molecule has 1 nitrogen and oxygen atoms in total. The number of fused-ring (bicyclic) bond motifs is 3.